The minimum atomic E-state index is -0.430. The van der Waals surface area contributed by atoms with Gasteiger partial charge in [-0.05, 0) is 44.0 Å². The molecule has 0 spiro atoms. The van der Waals surface area contributed by atoms with Gasteiger partial charge in [0.1, 0.15) is 5.82 Å². The second kappa shape index (κ2) is 6.45. The second-order valence-corrected chi connectivity index (χ2v) is 5.92. The van der Waals surface area contributed by atoms with Gasteiger partial charge in [-0.1, -0.05) is 5.21 Å². The van der Waals surface area contributed by atoms with Gasteiger partial charge in [0.25, 0.3) is 5.91 Å². The van der Waals surface area contributed by atoms with Gasteiger partial charge in [-0.15, -0.1) is 5.10 Å². The first kappa shape index (κ1) is 15.6. The maximum absolute atomic E-state index is 13.0. The smallest absolute Gasteiger partial charge is 0.276 e. The third-order valence-corrected chi connectivity index (χ3v) is 4.23. The molecule has 0 bridgehead atoms. The van der Waals surface area contributed by atoms with Crippen LogP contribution in [0.25, 0.3) is 5.69 Å². The van der Waals surface area contributed by atoms with Gasteiger partial charge in [0.05, 0.1) is 18.0 Å². The number of carbonyl (C=O) groups excluding carboxylic acids is 1. The van der Waals surface area contributed by atoms with Crippen molar-refractivity contribution in [1.82, 2.24) is 19.9 Å². The number of benzene rings is 1. The average Bonchev–Trinajstić information content (AvgIpc) is 3.05. The number of halogens is 1. The molecule has 1 fully saturated rings. The summed E-state index contributed by atoms with van der Waals surface area (Å²) < 4.78 is 14.4. The standard InChI is InChI=1S/C16H19FN4O2/c1-11(22)12-3-2-8-20(9-12)16(23)15-10-21(19-18-15)14-6-4-13(17)5-7-14/h4-7,10-12,22H,2-3,8-9H2,1H3. The van der Waals surface area contributed by atoms with E-state index in [0.717, 1.165) is 12.8 Å². The molecule has 2 atom stereocenters. The van der Waals surface area contributed by atoms with E-state index >= 15 is 0 Å². The highest BCUT2D eigenvalue weighted by molar-refractivity contribution is 5.92. The highest BCUT2D eigenvalue weighted by Crippen LogP contribution is 2.21. The van der Waals surface area contributed by atoms with Crippen molar-refractivity contribution in [2.45, 2.75) is 25.9 Å². The molecular formula is C16H19FN4O2. The fourth-order valence-electron chi connectivity index (χ4n) is 2.83. The average molecular weight is 318 g/mol. The molecule has 2 aromatic rings. The van der Waals surface area contributed by atoms with Crippen molar-refractivity contribution in [3.05, 3.63) is 42.0 Å². The van der Waals surface area contributed by atoms with Crippen LogP contribution in [-0.2, 0) is 0 Å². The molecule has 0 aliphatic carbocycles. The molecule has 23 heavy (non-hydrogen) atoms. The zero-order valence-corrected chi connectivity index (χ0v) is 12.9. The van der Waals surface area contributed by atoms with Crippen molar-refractivity contribution in [3.8, 4) is 5.69 Å². The Kier molecular flexibility index (Phi) is 4.38. The van der Waals surface area contributed by atoms with Gasteiger partial charge in [0.2, 0.25) is 0 Å². The minimum Gasteiger partial charge on any atom is -0.393 e. The summed E-state index contributed by atoms with van der Waals surface area (Å²) in [4.78, 5) is 14.2. The summed E-state index contributed by atoms with van der Waals surface area (Å²) >= 11 is 0. The highest BCUT2D eigenvalue weighted by Gasteiger charge is 2.28. The van der Waals surface area contributed by atoms with Crippen LogP contribution in [0.5, 0.6) is 0 Å². The van der Waals surface area contributed by atoms with Crippen molar-refractivity contribution < 1.29 is 14.3 Å². The van der Waals surface area contributed by atoms with Crippen LogP contribution in [0.2, 0.25) is 0 Å². The third kappa shape index (κ3) is 3.39. The van der Waals surface area contributed by atoms with Gasteiger partial charge in [0.15, 0.2) is 5.69 Å². The Balaban J connectivity index is 1.74. The summed E-state index contributed by atoms with van der Waals surface area (Å²) in [5.74, 6) is -0.425. The lowest BCUT2D eigenvalue weighted by molar-refractivity contribution is 0.0461. The lowest BCUT2D eigenvalue weighted by Crippen LogP contribution is -2.43. The highest BCUT2D eigenvalue weighted by atomic mass is 19.1. The van der Waals surface area contributed by atoms with Crippen LogP contribution in [0.1, 0.15) is 30.3 Å². The number of nitrogens with zero attached hydrogens (tertiary/aromatic N) is 4. The van der Waals surface area contributed by atoms with Crippen LogP contribution < -0.4 is 0 Å². The predicted molar refractivity (Wildman–Crippen MR) is 81.6 cm³/mol. The Morgan fingerprint density at radius 3 is 2.83 bits per heavy atom. The Morgan fingerprint density at radius 1 is 1.39 bits per heavy atom. The fourth-order valence-corrected chi connectivity index (χ4v) is 2.83. The van der Waals surface area contributed by atoms with Crippen LogP contribution in [0.4, 0.5) is 4.39 Å². The molecule has 1 saturated heterocycles. The first-order valence-corrected chi connectivity index (χ1v) is 7.70. The van der Waals surface area contributed by atoms with Gasteiger partial charge in [-0.2, -0.15) is 0 Å². The number of rotatable bonds is 3. The molecule has 6 nitrogen and oxygen atoms in total. The van der Waals surface area contributed by atoms with E-state index in [1.165, 1.54) is 16.8 Å². The van der Waals surface area contributed by atoms with Crippen molar-refractivity contribution in [1.29, 1.82) is 0 Å². The van der Waals surface area contributed by atoms with Gasteiger partial charge in [-0.3, -0.25) is 4.79 Å². The normalized spacial score (nSPS) is 19.6. The van der Waals surface area contributed by atoms with E-state index in [9.17, 15) is 14.3 Å². The number of hydrogen-bond acceptors (Lipinski definition) is 4. The van der Waals surface area contributed by atoms with Gasteiger partial charge >= 0.3 is 0 Å². The summed E-state index contributed by atoms with van der Waals surface area (Å²) in [6.07, 6.45) is 2.90. The van der Waals surface area contributed by atoms with Crippen LogP contribution in [-0.4, -0.2) is 50.1 Å². The number of aliphatic hydroxyl groups excluding tert-OH is 1. The summed E-state index contributed by atoms with van der Waals surface area (Å²) in [5.41, 5.74) is 0.888. The molecule has 7 heteroatoms. The molecule has 122 valence electrons. The lowest BCUT2D eigenvalue weighted by atomic mass is 9.93. The molecular weight excluding hydrogens is 299 g/mol. The van der Waals surface area contributed by atoms with E-state index in [0.29, 0.717) is 18.8 Å². The molecule has 1 aromatic carbocycles. The maximum Gasteiger partial charge on any atom is 0.276 e. The van der Waals surface area contributed by atoms with Crippen LogP contribution in [0.3, 0.4) is 0 Å². The number of piperidine rings is 1. The maximum atomic E-state index is 13.0. The summed E-state index contributed by atoms with van der Waals surface area (Å²) in [6.45, 7) is 2.94. The van der Waals surface area contributed by atoms with E-state index in [2.05, 4.69) is 10.3 Å². The third-order valence-electron chi connectivity index (χ3n) is 4.23. The minimum absolute atomic E-state index is 0.0971. The summed E-state index contributed by atoms with van der Waals surface area (Å²) in [7, 11) is 0. The second-order valence-electron chi connectivity index (χ2n) is 5.92. The zero-order chi connectivity index (χ0) is 16.4. The van der Waals surface area contributed by atoms with Crippen molar-refractivity contribution in [2.75, 3.05) is 13.1 Å². The SMILES string of the molecule is CC(O)C1CCCN(C(=O)c2cn(-c3ccc(F)cc3)nn2)C1. The predicted octanol–water partition coefficient (Wildman–Crippen LogP) is 1.64. The number of aromatic nitrogens is 3. The van der Waals surface area contributed by atoms with E-state index in [1.807, 2.05) is 0 Å². The van der Waals surface area contributed by atoms with E-state index in [-0.39, 0.29) is 23.3 Å². The monoisotopic (exact) mass is 318 g/mol. The van der Waals surface area contributed by atoms with Crippen LogP contribution in [0.15, 0.2) is 30.5 Å². The van der Waals surface area contributed by atoms with Crippen molar-refractivity contribution in [3.63, 3.8) is 0 Å². The lowest BCUT2D eigenvalue weighted by Gasteiger charge is -2.33. The molecule has 1 aliphatic heterocycles. The van der Waals surface area contributed by atoms with Crippen molar-refractivity contribution >= 4 is 5.91 Å². The fraction of sp³-hybridized carbons (Fsp3) is 0.438. The number of aliphatic hydroxyl groups is 1. The number of carbonyl (C=O) groups is 1. The van der Waals surface area contributed by atoms with E-state index in [1.54, 1.807) is 30.2 Å². The molecule has 3 rings (SSSR count). The van der Waals surface area contributed by atoms with E-state index < -0.39 is 6.10 Å². The molecule has 2 heterocycles. The molecule has 2 unspecified atom stereocenters. The summed E-state index contributed by atoms with van der Waals surface area (Å²) in [5, 5.41) is 17.6. The van der Waals surface area contributed by atoms with Crippen molar-refractivity contribution in [2.24, 2.45) is 5.92 Å². The topological polar surface area (TPSA) is 71.2 Å². The molecule has 0 saturated carbocycles. The van der Waals surface area contributed by atoms with Gasteiger partial charge < -0.3 is 10.0 Å². The first-order chi connectivity index (χ1) is 11.0. The zero-order valence-electron chi connectivity index (χ0n) is 12.9. The van der Waals surface area contributed by atoms with Gasteiger partial charge in [-0.25, -0.2) is 9.07 Å². The molecule has 1 amide bonds. The molecule has 1 N–H and O–H groups in total. The largest absolute Gasteiger partial charge is 0.393 e. The quantitative estimate of drug-likeness (QED) is 0.934. The Bertz CT molecular complexity index is 684. The Hall–Kier alpha value is -2.28. The number of hydrogen-bond donors (Lipinski definition) is 1. The Labute approximate surface area is 133 Å². The number of likely N-dealkylation sites (tertiary alicyclic amines) is 1. The van der Waals surface area contributed by atoms with Gasteiger partial charge in [0, 0.05) is 19.0 Å². The van der Waals surface area contributed by atoms with E-state index in [4.69, 9.17) is 0 Å². The number of amides is 1. The Morgan fingerprint density at radius 2 is 2.13 bits per heavy atom. The molecule has 1 aromatic heterocycles. The molecule has 0 radical (unpaired) electrons. The van der Waals surface area contributed by atoms with Crippen LogP contribution in [0, 0.1) is 11.7 Å². The molecule has 1 aliphatic rings. The van der Waals surface area contributed by atoms with Crippen LogP contribution >= 0.6 is 0 Å². The first-order valence-electron chi connectivity index (χ1n) is 7.70. The summed E-state index contributed by atoms with van der Waals surface area (Å²) in [6, 6.07) is 5.80.